The first kappa shape index (κ1) is 12.4. The first-order chi connectivity index (χ1) is 8.07. The summed E-state index contributed by atoms with van der Waals surface area (Å²) in [6, 6.07) is 0. The molecule has 1 aliphatic rings. The second-order valence-corrected chi connectivity index (χ2v) is 5.35. The molecule has 5 nitrogen and oxygen atoms in total. The van der Waals surface area contributed by atoms with Crippen molar-refractivity contribution in [2.45, 2.75) is 39.0 Å². The van der Waals surface area contributed by atoms with E-state index in [-0.39, 0.29) is 11.2 Å². The molecular formula is C11H18ClN5. The van der Waals surface area contributed by atoms with Gasteiger partial charge in [0.15, 0.2) is 0 Å². The van der Waals surface area contributed by atoms with E-state index in [9.17, 15) is 0 Å². The molecule has 94 valence electrons. The Labute approximate surface area is 106 Å². The summed E-state index contributed by atoms with van der Waals surface area (Å²) in [5.74, 6) is 0.621. The lowest BCUT2D eigenvalue weighted by atomic mass is 9.76. The van der Waals surface area contributed by atoms with E-state index in [1.54, 1.807) is 0 Å². The van der Waals surface area contributed by atoms with Crippen LogP contribution in [0.5, 0.6) is 0 Å². The number of rotatable bonds is 3. The SMILES string of the molecule is CC1(CNc2nc(N)nc(Cl)n2)CCCCC1. The summed E-state index contributed by atoms with van der Waals surface area (Å²) >= 11 is 5.72. The average molecular weight is 256 g/mol. The van der Waals surface area contributed by atoms with E-state index in [1.165, 1.54) is 32.1 Å². The molecule has 3 N–H and O–H groups in total. The normalized spacial score (nSPS) is 18.9. The Balaban J connectivity index is 1.96. The van der Waals surface area contributed by atoms with Crippen LogP contribution in [0.3, 0.4) is 0 Å². The summed E-state index contributed by atoms with van der Waals surface area (Å²) in [6.45, 7) is 3.15. The zero-order valence-electron chi connectivity index (χ0n) is 10.0. The van der Waals surface area contributed by atoms with Crippen LogP contribution >= 0.6 is 11.6 Å². The number of aromatic nitrogens is 3. The van der Waals surface area contributed by atoms with E-state index < -0.39 is 0 Å². The van der Waals surface area contributed by atoms with Crippen LogP contribution in [-0.2, 0) is 0 Å². The summed E-state index contributed by atoms with van der Waals surface area (Å²) in [5.41, 5.74) is 5.84. The average Bonchev–Trinajstić information content (AvgIpc) is 2.26. The van der Waals surface area contributed by atoms with Crippen molar-refractivity contribution in [3.63, 3.8) is 0 Å². The standard InChI is InChI=1S/C11H18ClN5/c1-11(5-3-2-4-6-11)7-14-10-16-8(12)15-9(13)17-10/h2-7H2,1H3,(H3,13,14,15,16,17). The number of nitrogens with two attached hydrogens (primary N) is 1. The minimum atomic E-state index is 0.133. The van der Waals surface area contributed by atoms with Crippen molar-refractivity contribution in [2.75, 3.05) is 17.6 Å². The van der Waals surface area contributed by atoms with Gasteiger partial charge in [-0.15, -0.1) is 0 Å². The molecule has 0 aromatic carbocycles. The number of halogens is 1. The van der Waals surface area contributed by atoms with Crippen LogP contribution in [0.25, 0.3) is 0 Å². The van der Waals surface area contributed by atoms with Crippen molar-refractivity contribution in [3.8, 4) is 0 Å². The van der Waals surface area contributed by atoms with E-state index in [4.69, 9.17) is 17.3 Å². The van der Waals surface area contributed by atoms with Crippen LogP contribution in [0.2, 0.25) is 5.28 Å². The molecule has 1 fully saturated rings. The molecule has 1 aromatic rings. The number of hydrogen-bond acceptors (Lipinski definition) is 5. The van der Waals surface area contributed by atoms with Crippen LogP contribution in [0.15, 0.2) is 0 Å². The Kier molecular flexibility index (Phi) is 3.66. The molecular weight excluding hydrogens is 238 g/mol. The Morgan fingerprint density at radius 1 is 1.24 bits per heavy atom. The van der Waals surface area contributed by atoms with Gasteiger partial charge in [-0.25, -0.2) is 0 Å². The van der Waals surface area contributed by atoms with Gasteiger partial charge in [0.2, 0.25) is 17.2 Å². The number of hydrogen-bond donors (Lipinski definition) is 2. The largest absolute Gasteiger partial charge is 0.368 e. The van der Waals surface area contributed by atoms with Gasteiger partial charge in [0.1, 0.15) is 0 Å². The summed E-state index contributed by atoms with van der Waals surface area (Å²) in [7, 11) is 0. The van der Waals surface area contributed by atoms with E-state index >= 15 is 0 Å². The van der Waals surface area contributed by atoms with Gasteiger partial charge < -0.3 is 11.1 Å². The fourth-order valence-electron chi connectivity index (χ4n) is 2.32. The fraction of sp³-hybridized carbons (Fsp3) is 0.727. The van der Waals surface area contributed by atoms with Gasteiger partial charge in [-0.2, -0.15) is 15.0 Å². The third-order valence-electron chi connectivity index (χ3n) is 3.36. The highest BCUT2D eigenvalue weighted by molar-refractivity contribution is 6.28. The maximum absolute atomic E-state index is 5.72. The van der Waals surface area contributed by atoms with Crippen LogP contribution in [0.1, 0.15) is 39.0 Å². The Morgan fingerprint density at radius 2 is 1.94 bits per heavy atom. The number of nitrogens with one attached hydrogen (secondary N) is 1. The van der Waals surface area contributed by atoms with Crippen molar-refractivity contribution in [1.29, 1.82) is 0 Å². The molecule has 1 aromatic heterocycles. The first-order valence-electron chi connectivity index (χ1n) is 5.98. The summed E-state index contributed by atoms with van der Waals surface area (Å²) in [5, 5.41) is 3.34. The van der Waals surface area contributed by atoms with Crippen molar-refractivity contribution >= 4 is 23.5 Å². The van der Waals surface area contributed by atoms with E-state index in [2.05, 4.69) is 27.2 Å². The molecule has 1 aliphatic carbocycles. The first-order valence-corrected chi connectivity index (χ1v) is 6.36. The highest BCUT2D eigenvalue weighted by atomic mass is 35.5. The third kappa shape index (κ3) is 3.43. The van der Waals surface area contributed by atoms with E-state index in [1.807, 2.05) is 0 Å². The summed E-state index contributed by atoms with van der Waals surface area (Å²) < 4.78 is 0. The van der Waals surface area contributed by atoms with E-state index in [0.29, 0.717) is 11.4 Å². The number of anilines is 2. The molecule has 0 radical (unpaired) electrons. The van der Waals surface area contributed by atoms with Crippen molar-refractivity contribution in [1.82, 2.24) is 15.0 Å². The maximum atomic E-state index is 5.72. The molecule has 0 aliphatic heterocycles. The predicted octanol–water partition coefficient (Wildman–Crippen LogP) is 2.49. The van der Waals surface area contributed by atoms with Gasteiger partial charge in [0.05, 0.1) is 0 Å². The molecule has 0 saturated heterocycles. The lowest BCUT2D eigenvalue weighted by Gasteiger charge is -2.33. The quantitative estimate of drug-likeness (QED) is 0.868. The Bertz CT molecular complexity index is 369. The zero-order valence-corrected chi connectivity index (χ0v) is 10.8. The van der Waals surface area contributed by atoms with Gasteiger partial charge in [0, 0.05) is 6.54 Å². The highest BCUT2D eigenvalue weighted by Gasteiger charge is 2.26. The molecule has 0 atom stereocenters. The minimum Gasteiger partial charge on any atom is -0.368 e. The van der Waals surface area contributed by atoms with Gasteiger partial charge >= 0.3 is 0 Å². The molecule has 0 spiro atoms. The highest BCUT2D eigenvalue weighted by Crippen LogP contribution is 2.35. The van der Waals surface area contributed by atoms with Gasteiger partial charge in [-0.3, -0.25) is 0 Å². The second-order valence-electron chi connectivity index (χ2n) is 5.01. The molecule has 0 unspecified atom stereocenters. The van der Waals surface area contributed by atoms with Gasteiger partial charge in [0.25, 0.3) is 0 Å². The molecule has 1 heterocycles. The van der Waals surface area contributed by atoms with Crippen molar-refractivity contribution < 1.29 is 0 Å². The second kappa shape index (κ2) is 5.04. The lowest BCUT2D eigenvalue weighted by Crippen LogP contribution is -2.29. The molecule has 0 amide bonds. The Hall–Kier alpha value is -1.10. The Morgan fingerprint density at radius 3 is 2.59 bits per heavy atom. The van der Waals surface area contributed by atoms with Crippen LogP contribution in [0, 0.1) is 5.41 Å². The summed E-state index contributed by atoms with van der Waals surface area (Å²) in [6.07, 6.45) is 6.44. The monoisotopic (exact) mass is 255 g/mol. The van der Waals surface area contributed by atoms with Crippen LogP contribution < -0.4 is 11.1 Å². The van der Waals surface area contributed by atoms with Gasteiger partial charge in [-0.1, -0.05) is 26.2 Å². The van der Waals surface area contributed by atoms with Crippen LogP contribution in [-0.4, -0.2) is 21.5 Å². The molecule has 0 bridgehead atoms. The smallest absolute Gasteiger partial charge is 0.228 e. The zero-order chi connectivity index (χ0) is 12.3. The molecule has 1 saturated carbocycles. The fourth-order valence-corrected chi connectivity index (χ4v) is 2.49. The van der Waals surface area contributed by atoms with E-state index in [0.717, 1.165) is 6.54 Å². The van der Waals surface area contributed by atoms with Crippen molar-refractivity contribution in [2.24, 2.45) is 5.41 Å². The van der Waals surface area contributed by atoms with Gasteiger partial charge in [-0.05, 0) is 29.9 Å². The lowest BCUT2D eigenvalue weighted by molar-refractivity contribution is 0.233. The maximum Gasteiger partial charge on any atom is 0.228 e. The topological polar surface area (TPSA) is 76.7 Å². The summed E-state index contributed by atoms with van der Waals surface area (Å²) in [4.78, 5) is 11.7. The third-order valence-corrected chi connectivity index (χ3v) is 3.53. The van der Waals surface area contributed by atoms with Crippen LogP contribution in [0.4, 0.5) is 11.9 Å². The minimum absolute atomic E-state index is 0.133. The molecule has 6 heteroatoms. The molecule has 17 heavy (non-hydrogen) atoms. The predicted molar refractivity (Wildman–Crippen MR) is 68.9 cm³/mol. The molecule has 2 rings (SSSR count). The number of nitrogens with zero attached hydrogens (tertiary/aromatic N) is 3. The van der Waals surface area contributed by atoms with Crippen molar-refractivity contribution in [3.05, 3.63) is 5.28 Å². The number of nitrogen functional groups attached to an aromatic ring is 1.